The monoisotopic (exact) mass is 404 g/mol. The number of ether oxygens (including phenoxy) is 1. The summed E-state index contributed by atoms with van der Waals surface area (Å²) >= 11 is 0. The Morgan fingerprint density at radius 1 is 1.14 bits per heavy atom. The van der Waals surface area contributed by atoms with Crippen molar-refractivity contribution in [3.63, 3.8) is 0 Å². The van der Waals surface area contributed by atoms with Crippen molar-refractivity contribution in [1.29, 1.82) is 0 Å². The number of hydrogen-bond donors (Lipinski definition) is 3. The van der Waals surface area contributed by atoms with E-state index in [4.69, 9.17) is 9.88 Å². The lowest BCUT2D eigenvalue weighted by molar-refractivity contribution is 0.336. The summed E-state index contributed by atoms with van der Waals surface area (Å²) < 4.78 is 28.7. The Morgan fingerprint density at radius 3 is 2.61 bits per heavy atom. The first-order chi connectivity index (χ1) is 13.3. The fourth-order valence-electron chi connectivity index (χ4n) is 2.61. The summed E-state index contributed by atoms with van der Waals surface area (Å²) in [5, 5.41) is 11.7. The molecule has 0 unspecified atom stereocenters. The number of nitrogens with one attached hydrogen (secondary N) is 2. The van der Waals surface area contributed by atoms with Gasteiger partial charge in [-0.25, -0.2) is 18.5 Å². The Kier molecular flexibility index (Phi) is 7.83. The molecule has 0 amide bonds. The summed E-state index contributed by atoms with van der Waals surface area (Å²) in [4.78, 5) is 4.62. The molecule has 0 heterocycles. The van der Waals surface area contributed by atoms with Crippen molar-refractivity contribution in [3.05, 3.63) is 59.2 Å². The molecule has 0 aliphatic rings. The van der Waals surface area contributed by atoms with Crippen LogP contribution in [0.3, 0.4) is 0 Å². The summed E-state index contributed by atoms with van der Waals surface area (Å²) in [5.41, 5.74) is 2.94. The molecule has 0 saturated heterocycles. The fourth-order valence-corrected chi connectivity index (χ4v) is 3.19. The summed E-state index contributed by atoms with van der Waals surface area (Å²) in [6.45, 7) is 8.15. The number of nitrogens with two attached hydrogens (primary N) is 1. The van der Waals surface area contributed by atoms with Crippen LogP contribution < -0.4 is 20.5 Å². The Hall–Kier alpha value is -2.58. The number of hydrogen-bond acceptors (Lipinski definition) is 4. The van der Waals surface area contributed by atoms with Crippen molar-refractivity contribution < 1.29 is 13.2 Å². The van der Waals surface area contributed by atoms with Crippen LogP contribution >= 0.6 is 0 Å². The number of aryl methyl sites for hydroxylation is 1. The molecule has 152 valence electrons. The van der Waals surface area contributed by atoms with Crippen LogP contribution in [0.5, 0.6) is 5.75 Å². The number of guanidine groups is 1. The molecule has 0 aliphatic carbocycles. The molecule has 7 nitrogen and oxygen atoms in total. The molecule has 0 radical (unpaired) electrons. The Morgan fingerprint density at radius 2 is 1.93 bits per heavy atom. The standard InChI is InChI=1S/C20H28N4O3S/c1-4-22-20(23-13-16-7-6-8-18(12-16)28(21,25)26)24-14-17-10-9-15(3)11-19(17)27-5-2/h6-12H,4-5,13-14H2,1-3H3,(H2,21,25,26)(H2,22,23,24). The first-order valence-corrected chi connectivity index (χ1v) is 10.7. The van der Waals surface area contributed by atoms with E-state index < -0.39 is 10.0 Å². The molecule has 0 atom stereocenters. The molecule has 4 N–H and O–H groups in total. The fraction of sp³-hybridized carbons (Fsp3) is 0.350. The zero-order valence-corrected chi connectivity index (χ0v) is 17.3. The predicted octanol–water partition coefficient (Wildman–Crippen LogP) is 2.30. The number of sulfonamides is 1. The summed E-state index contributed by atoms with van der Waals surface area (Å²) in [7, 11) is -3.73. The van der Waals surface area contributed by atoms with E-state index >= 15 is 0 Å². The first-order valence-electron chi connectivity index (χ1n) is 9.19. The van der Waals surface area contributed by atoms with E-state index in [1.165, 1.54) is 12.1 Å². The van der Waals surface area contributed by atoms with Gasteiger partial charge in [0.15, 0.2) is 5.96 Å². The lowest BCUT2D eigenvalue weighted by Crippen LogP contribution is -2.36. The van der Waals surface area contributed by atoms with E-state index in [0.29, 0.717) is 32.2 Å². The highest BCUT2D eigenvalue weighted by atomic mass is 32.2. The van der Waals surface area contributed by atoms with Gasteiger partial charge in [0.2, 0.25) is 10.0 Å². The first kappa shape index (κ1) is 21.7. The van der Waals surface area contributed by atoms with Gasteiger partial charge >= 0.3 is 0 Å². The average molecular weight is 405 g/mol. The number of benzene rings is 2. The van der Waals surface area contributed by atoms with E-state index in [-0.39, 0.29) is 4.90 Å². The average Bonchev–Trinajstić information content (AvgIpc) is 2.65. The van der Waals surface area contributed by atoms with Gasteiger partial charge in [0, 0.05) is 18.7 Å². The SMILES string of the molecule is CCNC(=NCc1cccc(S(N)(=O)=O)c1)NCc1ccc(C)cc1OCC. The second kappa shape index (κ2) is 10.1. The highest BCUT2D eigenvalue weighted by Gasteiger charge is 2.08. The van der Waals surface area contributed by atoms with Crippen molar-refractivity contribution in [1.82, 2.24) is 10.6 Å². The summed E-state index contributed by atoms with van der Waals surface area (Å²) in [5.74, 6) is 1.48. The van der Waals surface area contributed by atoms with E-state index in [1.54, 1.807) is 6.07 Å². The van der Waals surface area contributed by atoms with Crippen molar-refractivity contribution in [2.24, 2.45) is 10.1 Å². The minimum atomic E-state index is -3.73. The summed E-state index contributed by atoms with van der Waals surface area (Å²) in [6, 6.07) is 12.6. The summed E-state index contributed by atoms with van der Waals surface area (Å²) in [6.07, 6.45) is 0. The minimum Gasteiger partial charge on any atom is -0.494 e. The molecule has 0 bridgehead atoms. The van der Waals surface area contributed by atoms with Crippen molar-refractivity contribution in [2.75, 3.05) is 13.2 Å². The predicted molar refractivity (Wildman–Crippen MR) is 112 cm³/mol. The lowest BCUT2D eigenvalue weighted by atomic mass is 10.1. The Balaban J connectivity index is 2.11. The third kappa shape index (κ3) is 6.54. The normalized spacial score (nSPS) is 11.9. The van der Waals surface area contributed by atoms with Crippen LogP contribution in [-0.4, -0.2) is 27.5 Å². The van der Waals surface area contributed by atoms with Crippen LogP contribution in [0.2, 0.25) is 0 Å². The molecule has 0 spiro atoms. The van der Waals surface area contributed by atoms with Crippen LogP contribution in [0.4, 0.5) is 0 Å². The van der Waals surface area contributed by atoms with Gasteiger partial charge in [-0.3, -0.25) is 0 Å². The number of rotatable bonds is 8. The molecule has 8 heteroatoms. The van der Waals surface area contributed by atoms with E-state index in [2.05, 4.69) is 15.6 Å². The van der Waals surface area contributed by atoms with Crippen LogP contribution in [0.15, 0.2) is 52.4 Å². The Bertz CT molecular complexity index is 927. The molecule has 28 heavy (non-hydrogen) atoms. The second-order valence-electron chi connectivity index (χ2n) is 6.29. The molecule has 2 aromatic rings. The van der Waals surface area contributed by atoms with Crippen LogP contribution in [0, 0.1) is 6.92 Å². The number of aliphatic imine (C=N–C) groups is 1. The molecule has 2 aromatic carbocycles. The number of nitrogens with zero attached hydrogens (tertiary/aromatic N) is 1. The van der Waals surface area contributed by atoms with Gasteiger partial charge in [-0.2, -0.15) is 0 Å². The highest BCUT2D eigenvalue weighted by Crippen LogP contribution is 2.20. The maximum atomic E-state index is 11.5. The maximum Gasteiger partial charge on any atom is 0.238 e. The maximum absolute atomic E-state index is 11.5. The quantitative estimate of drug-likeness (QED) is 0.462. The van der Waals surface area contributed by atoms with Gasteiger partial charge in [0.05, 0.1) is 18.0 Å². The van der Waals surface area contributed by atoms with E-state index in [0.717, 1.165) is 22.4 Å². The zero-order chi connectivity index (χ0) is 20.6. The van der Waals surface area contributed by atoms with Gasteiger partial charge in [0.25, 0.3) is 0 Å². The third-order valence-corrected chi connectivity index (χ3v) is 4.87. The topological polar surface area (TPSA) is 106 Å². The third-order valence-electron chi connectivity index (χ3n) is 3.96. The van der Waals surface area contributed by atoms with Gasteiger partial charge < -0.3 is 15.4 Å². The van der Waals surface area contributed by atoms with Crippen LogP contribution in [-0.2, 0) is 23.1 Å². The molecule has 0 saturated carbocycles. The van der Waals surface area contributed by atoms with Crippen molar-refractivity contribution in [2.45, 2.75) is 38.8 Å². The van der Waals surface area contributed by atoms with Crippen molar-refractivity contribution >= 4 is 16.0 Å². The molecular formula is C20H28N4O3S. The van der Waals surface area contributed by atoms with Gasteiger partial charge in [-0.05, 0) is 50.1 Å². The van der Waals surface area contributed by atoms with Crippen LogP contribution in [0.1, 0.15) is 30.5 Å². The number of primary sulfonamides is 1. The van der Waals surface area contributed by atoms with Crippen molar-refractivity contribution in [3.8, 4) is 5.75 Å². The Labute approximate surface area is 167 Å². The van der Waals surface area contributed by atoms with Gasteiger partial charge in [-0.15, -0.1) is 0 Å². The minimum absolute atomic E-state index is 0.0826. The largest absolute Gasteiger partial charge is 0.494 e. The molecule has 0 fully saturated rings. The molecule has 0 aromatic heterocycles. The van der Waals surface area contributed by atoms with E-state index in [9.17, 15) is 8.42 Å². The molecule has 0 aliphatic heterocycles. The molecular weight excluding hydrogens is 376 g/mol. The second-order valence-corrected chi connectivity index (χ2v) is 7.85. The van der Waals surface area contributed by atoms with E-state index in [1.807, 2.05) is 45.0 Å². The lowest BCUT2D eigenvalue weighted by Gasteiger charge is -2.15. The highest BCUT2D eigenvalue weighted by molar-refractivity contribution is 7.89. The van der Waals surface area contributed by atoms with Crippen LogP contribution in [0.25, 0.3) is 0 Å². The molecule has 2 rings (SSSR count). The smallest absolute Gasteiger partial charge is 0.238 e. The zero-order valence-electron chi connectivity index (χ0n) is 16.5. The van der Waals surface area contributed by atoms with Gasteiger partial charge in [0.1, 0.15) is 5.75 Å². The van der Waals surface area contributed by atoms with Gasteiger partial charge in [-0.1, -0.05) is 24.3 Å².